The Morgan fingerprint density at radius 1 is 0.333 bits per heavy atom. The Morgan fingerprint density at radius 2 is 0.822 bits per heavy atom. The third-order valence-electron chi connectivity index (χ3n) is 8.84. The minimum Gasteiger partial charge on any atom is -0.355 e. The maximum absolute atomic E-state index is 3.72. The van der Waals surface area contributed by atoms with Crippen molar-refractivity contribution in [1.82, 2.24) is 9.13 Å². The van der Waals surface area contributed by atoms with Gasteiger partial charge < -0.3 is 14.5 Å². The van der Waals surface area contributed by atoms with Crippen molar-refractivity contribution in [2.45, 2.75) is 0 Å². The minimum absolute atomic E-state index is 1.05. The number of aromatic nitrogens is 2. The summed E-state index contributed by atoms with van der Waals surface area (Å²) in [5.41, 5.74) is 11.6. The van der Waals surface area contributed by atoms with E-state index in [1.807, 2.05) is 0 Å². The monoisotopic (exact) mass is 575 g/mol. The smallest absolute Gasteiger partial charge is 0.0621 e. The van der Waals surface area contributed by atoms with Crippen molar-refractivity contribution in [3.05, 3.63) is 170 Å². The third-order valence-corrected chi connectivity index (χ3v) is 8.84. The van der Waals surface area contributed by atoms with Crippen LogP contribution in [0, 0.1) is 0 Å². The fraction of sp³-hybridized carbons (Fsp3) is 0. The lowest BCUT2D eigenvalue weighted by Crippen LogP contribution is -1.99. The van der Waals surface area contributed by atoms with E-state index in [1.165, 1.54) is 54.7 Å². The number of hydrogen-bond donors (Lipinski definition) is 1. The summed E-state index contributed by atoms with van der Waals surface area (Å²) < 4.78 is 4.86. The number of nitrogens with one attached hydrogen (secondary N) is 1. The number of fused-ring (bicyclic) bond motifs is 6. The van der Waals surface area contributed by atoms with Gasteiger partial charge in [0.05, 0.1) is 22.1 Å². The van der Waals surface area contributed by atoms with Gasteiger partial charge in [-0.05, 0) is 60.7 Å². The summed E-state index contributed by atoms with van der Waals surface area (Å²) in [5.74, 6) is 0. The van der Waals surface area contributed by atoms with Gasteiger partial charge in [-0.25, -0.2) is 0 Å². The molecule has 212 valence electrons. The van der Waals surface area contributed by atoms with Crippen LogP contribution >= 0.6 is 0 Å². The number of rotatable bonds is 5. The van der Waals surface area contributed by atoms with Crippen LogP contribution in [0.4, 0.5) is 11.4 Å². The number of hydrogen-bond acceptors (Lipinski definition) is 1. The van der Waals surface area contributed by atoms with Gasteiger partial charge in [-0.1, -0.05) is 109 Å². The number of para-hydroxylation sites is 6. The number of benzene rings is 7. The van der Waals surface area contributed by atoms with Crippen molar-refractivity contribution in [2.24, 2.45) is 0 Å². The zero-order valence-electron chi connectivity index (χ0n) is 24.6. The molecule has 3 heteroatoms. The van der Waals surface area contributed by atoms with E-state index in [4.69, 9.17) is 0 Å². The molecule has 0 aliphatic heterocycles. The lowest BCUT2D eigenvalue weighted by Gasteiger charge is -2.17. The first-order valence-electron chi connectivity index (χ1n) is 15.4. The Hall–Kier alpha value is -6.06. The van der Waals surface area contributed by atoms with E-state index in [9.17, 15) is 0 Å². The Kier molecular flexibility index (Phi) is 5.82. The van der Waals surface area contributed by atoms with E-state index < -0.39 is 0 Å². The van der Waals surface area contributed by atoms with Crippen LogP contribution in [0.2, 0.25) is 0 Å². The van der Waals surface area contributed by atoms with Gasteiger partial charge in [0, 0.05) is 55.4 Å². The van der Waals surface area contributed by atoms with Crippen molar-refractivity contribution >= 4 is 55.0 Å². The number of nitrogens with zero attached hydrogens (tertiary/aromatic N) is 2. The Bertz CT molecular complexity index is 2490. The highest BCUT2D eigenvalue weighted by Gasteiger charge is 2.22. The molecule has 0 aliphatic rings. The molecule has 0 atom stereocenters. The van der Waals surface area contributed by atoms with Crippen LogP contribution in [0.5, 0.6) is 0 Å². The number of anilines is 2. The molecular weight excluding hydrogens is 546 g/mol. The van der Waals surface area contributed by atoms with Crippen LogP contribution in [0.1, 0.15) is 0 Å². The van der Waals surface area contributed by atoms with Crippen LogP contribution in [0.15, 0.2) is 170 Å². The molecule has 1 N–H and O–H groups in total. The summed E-state index contributed by atoms with van der Waals surface area (Å²) in [7, 11) is 0. The van der Waals surface area contributed by atoms with Gasteiger partial charge in [-0.15, -0.1) is 0 Å². The summed E-state index contributed by atoms with van der Waals surface area (Å²) in [6.07, 6.45) is 0. The molecule has 9 aromatic rings. The van der Waals surface area contributed by atoms with Crippen molar-refractivity contribution in [3.8, 4) is 22.5 Å². The van der Waals surface area contributed by atoms with Crippen molar-refractivity contribution in [1.29, 1.82) is 0 Å². The fourth-order valence-electron chi connectivity index (χ4n) is 6.99. The lowest BCUT2D eigenvalue weighted by atomic mass is 9.98. The highest BCUT2D eigenvalue weighted by atomic mass is 15.0. The molecule has 0 spiro atoms. The maximum atomic E-state index is 3.72. The molecule has 0 saturated carbocycles. The van der Waals surface area contributed by atoms with Gasteiger partial charge >= 0.3 is 0 Å². The molecule has 9 rings (SSSR count). The minimum atomic E-state index is 1.05. The van der Waals surface area contributed by atoms with Gasteiger partial charge in [0.25, 0.3) is 0 Å². The molecule has 0 unspecified atom stereocenters. The fourth-order valence-corrected chi connectivity index (χ4v) is 6.99. The normalized spacial score (nSPS) is 11.6. The molecule has 7 aromatic carbocycles. The molecular formula is C42H29N3. The van der Waals surface area contributed by atoms with Crippen LogP contribution in [-0.2, 0) is 0 Å². The average Bonchev–Trinajstić information content (AvgIpc) is 3.62. The van der Waals surface area contributed by atoms with Gasteiger partial charge in [0.1, 0.15) is 0 Å². The first-order valence-corrected chi connectivity index (χ1v) is 15.4. The summed E-state index contributed by atoms with van der Waals surface area (Å²) in [4.78, 5) is 0. The zero-order valence-corrected chi connectivity index (χ0v) is 24.6. The molecule has 0 aliphatic carbocycles. The van der Waals surface area contributed by atoms with E-state index in [1.54, 1.807) is 0 Å². The summed E-state index contributed by atoms with van der Waals surface area (Å²) in [5, 5.41) is 8.65. The van der Waals surface area contributed by atoms with Crippen molar-refractivity contribution < 1.29 is 0 Å². The lowest BCUT2D eigenvalue weighted by molar-refractivity contribution is 1.17. The third kappa shape index (κ3) is 4.05. The molecule has 45 heavy (non-hydrogen) atoms. The Balaban J connectivity index is 1.46. The standard InChI is InChI=1S/C42H29N3/c1-4-15-29(16-5-1)43-30-27-37-34-22-11-13-26-40(34)45(32-19-8-3-9-20-32)42(37)38(28-30)36-24-14-23-35-33-21-10-12-25-39(33)44(41(35)36)31-17-6-2-7-18-31/h1-28,43H. The van der Waals surface area contributed by atoms with E-state index in [0.717, 1.165) is 22.7 Å². The van der Waals surface area contributed by atoms with Crippen LogP contribution < -0.4 is 5.32 Å². The van der Waals surface area contributed by atoms with E-state index in [-0.39, 0.29) is 0 Å². The second-order valence-electron chi connectivity index (χ2n) is 11.5. The molecule has 3 nitrogen and oxygen atoms in total. The molecule has 0 bridgehead atoms. The van der Waals surface area contributed by atoms with Crippen LogP contribution in [-0.4, -0.2) is 9.13 Å². The first-order chi connectivity index (χ1) is 22.3. The highest BCUT2D eigenvalue weighted by molar-refractivity contribution is 6.19. The van der Waals surface area contributed by atoms with Crippen molar-refractivity contribution in [3.63, 3.8) is 0 Å². The summed E-state index contributed by atoms with van der Waals surface area (Å²) in [6.45, 7) is 0. The molecule has 0 radical (unpaired) electrons. The highest BCUT2D eigenvalue weighted by Crippen LogP contribution is 2.44. The van der Waals surface area contributed by atoms with Gasteiger partial charge in [-0.3, -0.25) is 0 Å². The summed E-state index contributed by atoms with van der Waals surface area (Å²) >= 11 is 0. The predicted octanol–water partition coefficient (Wildman–Crippen LogP) is 11.3. The predicted molar refractivity (Wildman–Crippen MR) is 190 cm³/mol. The maximum Gasteiger partial charge on any atom is 0.0621 e. The molecule has 2 heterocycles. The van der Waals surface area contributed by atoms with Crippen LogP contribution in [0.25, 0.3) is 66.1 Å². The van der Waals surface area contributed by atoms with E-state index in [2.05, 4.69) is 184 Å². The van der Waals surface area contributed by atoms with Crippen molar-refractivity contribution in [2.75, 3.05) is 5.32 Å². The molecule has 2 aromatic heterocycles. The Morgan fingerprint density at radius 3 is 1.44 bits per heavy atom. The van der Waals surface area contributed by atoms with Crippen LogP contribution in [0.3, 0.4) is 0 Å². The molecule has 0 saturated heterocycles. The van der Waals surface area contributed by atoms with Gasteiger partial charge in [0.2, 0.25) is 0 Å². The molecule has 0 amide bonds. The van der Waals surface area contributed by atoms with E-state index in [0.29, 0.717) is 0 Å². The first kappa shape index (κ1) is 25.4. The van der Waals surface area contributed by atoms with E-state index >= 15 is 0 Å². The quantitative estimate of drug-likeness (QED) is 0.217. The van der Waals surface area contributed by atoms with Gasteiger partial charge in [-0.2, -0.15) is 0 Å². The largest absolute Gasteiger partial charge is 0.355 e. The second kappa shape index (κ2) is 10.3. The molecule has 0 fully saturated rings. The van der Waals surface area contributed by atoms with Gasteiger partial charge in [0.15, 0.2) is 0 Å². The zero-order chi connectivity index (χ0) is 29.7. The second-order valence-corrected chi connectivity index (χ2v) is 11.5. The SMILES string of the molecule is c1ccc(Nc2cc(-c3cccc4c5ccccc5n(-c5ccccc5)c34)c3c(c2)c2ccccc2n3-c2ccccc2)cc1. The average molecular weight is 576 g/mol. The topological polar surface area (TPSA) is 21.9 Å². The summed E-state index contributed by atoms with van der Waals surface area (Å²) in [6, 6.07) is 60.8. The Labute approximate surface area is 261 Å².